The van der Waals surface area contributed by atoms with Gasteiger partial charge in [-0.2, -0.15) is 0 Å². The highest BCUT2D eigenvalue weighted by molar-refractivity contribution is 5.77. The van der Waals surface area contributed by atoms with Gasteiger partial charge in [-0.3, -0.25) is 0 Å². The second-order valence-electron chi connectivity index (χ2n) is 2.89. The Labute approximate surface area is 85.2 Å². The molecule has 0 unspecified atom stereocenters. The quantitative estimate of drug-likeness (QED) is 0.730. The van der Waals surface area contributed by atoms with Gasteiger partial charge in [-0.1, -0.05) is 38.0 Å². The number of rotatable bonds is 4. The van der Waals surface area contributed by atoms with Crippen LogP contribution in [-0.2, 0) is 0 Å². The van der Waals surface area contributed by atoms with Gasteiger partial charge < -0.3 is 4.98 Å². The van der Waals surface area contributed by atoms with Gasteiger partial charge in [-0.25, -0.2) is 0 Å². The van der Waals surface area contributed by atoms with E-state index in [1.54, 1.807) is 6.08 Å². The lowest BCUT2D eigenvalue weighted by Gasteiger charge is -1.93. The molecule has 1 heterocycles. The summed E-state index contributed by atoms with van der Waals surface area (Å²) in [5.41, 5.74) is 4.17. The number of aromatic amines is 1. The number of aromatic nitrogens is 1. The SMILES string of the molecule is C=Cc1[nH]c(/C=C\C)c(C=C)c1C=C. The minimum atomic E-state index is 0.989. The Morgan fingerprint density at radius 2 is 1.50 bits per heavy atom. The molecule has 0 spiro atoms. The largest absolute Gasteiger partial charge is 0.355 e. The van der Waals surface area contributed by atoms with Crippen LogP contribution in [0.2, 0.25) is 0 Å². The van der Waals surface area contributed by atoms with Crippen LogP contribution in [0.25, 0.3) is 24.3 Å². The molecule has 1 aromatic rings. The smallest absolute Gasteiger partial charge is 0.0461 e. The summed E-state index contributed by atoms with van der Waals surface area (Å²) in [6.07, 6.45) is 9.43. The van der Waals surface area contributed by atoms with Gasteiger partial charge >= 0.3 is 0 Å². The molecule has 1 nitrogen and oxygen atoms in total. The average Bonchev–Trinajstić information content (AvgIpc) is 2.55. The van der Waals surface area contributed by atoms with Crippen molar-refractivity contribution >= 4 is 24.3 Å². The summed E-state index contributed by atoms with van der Waals surface area (Å²) in [5.74, 6) is 0. The van der Waals surface area contributed by atoms with Crippen LogP contribution < -0.4 is 0 Å². The van der Waals surface area contributed by atoms with Crippen LogP contribution in [0.4, 0.5) is 0 Å². The van der Waals surface area contributed by atoms with Crippen molar-refractivity contribution in [1.82, 2.24) is 4.98 Å². The van der Waals surface area contributed by atoms with Gasteiger partial charge in [0.1, 0.15) is 0 Å². The molecule has 0 aliphatic heterocycles. The van der Waals surface area contributed by atoms with E-state index >= 15 is 0 Å². The fraction of sp³-hybridized carbons (Fsp3) is 0.0769. The van der Waals surface area contributed by atoms with E-state index in [1.165, 1.54) is 0 Å². The normalized spacial score (nSPS) is 10.4. The fourth-order valence-electron chi connectivity index (χ4n) is 1.47. The molecule has 1 rings (SSSR count). The van der Waals surface area contributed by atoms with Crippen molar-refractivity contribution in [2.75, 3.05) is 0 Å². The Kier molecular flexibility index (Phi) is 3.29. The van der Waals surface area contributed by atoms with E-state index in [4.69, 9.17) is 0 Å². The number of nitrogens with one attached hydrogen (secondary N) is 1. The molecular formula is C13H15N. The Bertz CT molecular complexity index is 392. The molecule has 0 radical (unpaired) electrons. The molecule has 0 bridgehead atoms. The van der Waals surface area contributed by atoms with Crippen LogP contribution in [0.1, 0.15) is 29.4 Å². The van der Waals surface area contributed by atoms with E-state index < -0.39 is 0 Å². The highest BCUT2D eigenvalue weighted by atomic mass is 14.7. The van der Waals surface area contributed by atoms with Crippen molar-refractivity contribution in [1.29, 1.82) is 0 Å². The molecule has 1 heteroatoms. The second-order valence-corrected chi connectivity index (χ2v) is 2.89. The lowest BCUT2D eigenvalue weighted by molar-refractivity contribution is 1.34. The Hall–Kier alpha value is -1.76. The molecule has 0 amide bonds. The highest BCUT2D eigenvalue weighted by Crippen LogP contribution is 2.23. The minimum absolute atomic E-state index is 0.989. The summed E-state index contributed by atoms with van der Waals surface area (Å²) in [7, 11) is 0. The topological polar surface area (TPSA) is 15.8 Å². The summed E-state index contributed by atoms with van der Waals surface area (Å²) >= 11 is 0. The molecule has 0 saturated carbocycles. The maximum Gasteiger partial charge on any atom is 0.0461 e. The van der Waals surface area contributed by atoms with Crippen molar-refractivity contribution < 1.29 is 0 Å². The van der Waals surface area contributed by atoms with E-state index in [0.717, 1.165) is 22.5 Å². The molecule has 0 atom stereocenters. The van der Waals surface area contributed by atoms with Crippen molar-refractivity contribution in [2.24, 2.45) is 0 Å². The maximum atomic E-state index is 3.79. The lowest BCUT2D eigenvalue weighted by atomic mass is 10.1. The van der Waals surface area contributed by atoms with E-state index in [2.05, 4.69) is 24.7 Å². The van der Waals surface area contributed by atoms with E-state index in [-0.39, 0.29) is 0 Å². The first kappa shape index (κ1) is 10.3. The molecule has 0 aromatic carbocycles. The monoisotopic (exact) mass is 185 g/mol. The third-order valence-electron chi connectivity index (χ3n) is 2.09. The predicted octanol–water partition coefficient (Wildman–Crippen LogP) is 3.98. The minimum Gasteiger partial charge on any atom is -0.355 e. The van der Waals surface area contributed by atoms with Crippen molar-refractivity contribution in [3.05, 3.63) is 48.3 Å². The predicted molar refractivity (Wildman–Crippen MR) is 65.8 cm³/mol. The summed E-state index contributed by atoms with van der Waals surface area (Å²) in [6.45, 7) is 13.3. The van der Waals surface area contributed by atoms with Gasteiger partial charge in [0, 0.05) is 22.5 Å². The summed E-state index contributed by atoms with van der Waals surface area (Å²) in [6, 6.07) is 0. The van der Waals surface area contributed by atoms with Gasteiger partial charge in [0.25, 0.3) is 0 Å². The molecule has 14 heavy (non-hydrogen) atoms. The van der Waals surface area contributed by atoms with Crippen LogP contribution in [0, 0.1) is 0 Å². The second kappa shape index (κ2) is 4.47. The van der Waals surface area contributed by atoms with Crippen LogP contribution in [0.15, 0.2) is 25.8 Å². The summed E-state index contributed by atoms with van der Waals surface area (Å²) < 4.78 is 0. The Morgan fingerprint density at radius 1 is 0.929 bits per heavy atom. The number of hydrogen-bond acceptors (Lipinski definition) is 0. The van der Waals surface area contributed by atoms with Gasteiger partial charge in [-0.05, 0) is 19.1 Å². The third kappa shape index (κ3) is 1.62. The summed E-state index contributed by atoms with van der Waals surface area (Å²) in [4.78, 5) is 3.26. The molecule has 72 valence electrons. The van der Waals surface area contributed by atoms with E-state index in [9.17, 15) is 0 Å². The maximum absolute atomic E-state index is 3.79. The summed E-state index contributed by atoms with van der Waals surface area (Å²) in [5, 5.41) is 0. The van der Waals surface area contributed by atoms with Crippen LogP contribution in [0.3, 0.4) is 0 Å². The number of H-pyrrole nitrogens is 1. The lowest BCUT2D eigenvalue weighted by Crippen LogP contribution is -1.76. The Morgan fingerprint density at radius 3 is 1.93 bits per heavy atom. The molecule has 0 aliphatic carbocycles. The molecule has 1 N–H and O–H groups in total. The first-order chi connectivity index (χ1) is 6.78. The van der Waals surface area contributed by atoms with Gasteiger partial charge in [-0.15, -0.1) is 0 Å². The fourth-order valence-corrected chi connectivity index (χ4v) is 1.47. The zero-order chi connectivity index (χ0) is 10.6. The molecule has 0 fully saturated rings. The number of hydrogen-bond donors (Lipinski definition) is 1. The van der Waals surface area contributed by atoms with Crippen molar-refractivity contribution in [2.45, 2.75) is 6.92 Å². The molecule has 0 aliphatic rings. The molecule has 1 aromatic heterocycles. The third-order valence-corrected chi connectivity index (χ3v) is 2.09. The van der Waals surface area contributed by atoms with E-state index in [0.29, 0.717) is 0 Å². The van der Waals surface area contributed by atoms with Crippen LogP contribution in [-0.4, -0.2) is 4.98 Å². The highest BCUT2D eigenvalue weighted by Gasteiger charge is 2.07. The van der Waals surface area contributed by atoms with Crippen LogP contribution >= 0.6 is 0 Å². The van der Waals surface area contributed by atoms with E-state index in [1.807, 2.05) is 31.2 Å². The standard InChI is InChI=1S/C13H15N/c1-5-9-13-11(7-3)10(6-2)12(8-4)14-13/h5-9,14H,2-4H2,1H3/b9-5-. The van der Waals surface area contributed by atoms with Crippen molar-refractivity contribution in [3.8, 4) is 0 Å². The van der Waals surface area contributed by atoms with Gasteiger partial charge in [0.2, 0.25) is 0 Å². The first-order valence-electron chi connectivity index (χ1n) is 4.54. The molecule has 0 saturated heterocycles. The Balaban J connectivity index is 3.45. The zero-order valence-electron chi connectivity index (χ0n) is 8.51. The first-order valence-corrected chi connectivity index (χ1v) is 4.54. The average molecular weight is 185 g/mol. The van der Waals surface area contributed by atoms with Gasteiger partial charge in [0.05, 0.1) is 0 Å². The molecular weight excluding hydrogens is 170 g/mol. The van der Waals surface area contributed by atoms with Gasteiger partial charge in [0.15, 0.2) is 0 Å². The van der Waals surface area contributed by atoms with Crippen molar-refractivity contribution in [3.63, 3.8) is 0 Å². The number of allylic oxidation sites excluding steroid dienone is 1. The zero-order valence-corrected chi connectivity index (χ0v) is 8.51. The van der Waals surface area contributed by atoms with Crippen LogP contribution in [0.5, 0.6) is 0 Å².